The molecule has 0 bridgehead atoms. The van der Waals surface area contributed by atoms with Gasteiger partial charge in [0.25, 0.3) is 0 Å². The van der Waals surface area contributed by atoms with Gasteiger partial charge in [0.05, 0.1) is 5.54 Å². The zero-order valence-electron chi connectivity index (χ0n) is 13.1. The van der Waals surface area contributed by atoms with Crippen molar-refractivity contribution >= 4 is 5.91 Å². The Morgan fingerprint density at radius 3 is 2.65 bits per heavy atom. The van der Waals surface area contributed by atoms with Crippen LogP contribution in [0.15, 0.2) is 24.3 Å². The Bertz CT molecular complexity index is 478. The van der Waals surface area contributed by atoms with Gasteiger partial charge in [-0.05, 0) is 45.7 Å². The molecule has 0 heterocycles. The number of carbonyl (C=O) groups excluding carboxylic acids is 1. The number of amides is 1. The molecule has 1 aromatic rings. The van der Waals surface area contributed by atoms with Crippen molar-refractivity contribution in [2.75, 3.05) is 6.54 Å². The lowest BCUT2D eigenvalue weighted by Crippen LogP contribution is -2.54. The third-order valence-corrected chi connectivity index (χ3v) is 3.84. The Morgan fingerprint density at radius 2 is 2.10 bits per heavy atom. The number of likely N-dealkylation sites (N-methyl/N-ethyl adjacent to an activating group) is 1. The minimum atomic E-state index is -0.485. The summed E-state index contributed by atoms with van der Waals surface area (Å²) >= 11 is 0. The van der Waals surface area contributed by atoms with Crippen LogP contribution < -0.4 is 5.32 Å². The van der Waals surface area contributed by atoms with E-state index in [1.165, 1.54) is 11.1 Å². The molecule has 0 aliphatic heterocycles. The van der Waals surface area contributed by atoms with Crippen LogP contribution in [-0.2, 0) is 11.3 Å². The fraction of sp³-hybridized carbons (Fsp3) is 0.588. The van der Waals surface area contributed by atoms with Gasteiger partial charge < -0.3 is 10.2 Å². The number of hydrogen-bond acceptors (Lipinski definition) is 2. The van der Waals surface area contributed by atoms with E-state index in [4.69, 9.17) is 0 Å². The third-order valence-electron chi connectivity index (χ3n) is 3.84. The van der Waals surface area contributed by atoms with Crippen molar-refractivity contribution in [3.05, 3.63) is 35.4 Å². The summed E-state index contributed by atoms with van der Waals surface area (Å²) < 4.78 is 0. The molecule has 1 N–H and O–H groups in total. The molecule has 0 unspecified atom stereocenters. The van der Waals surface area contributed by atoms with Crippen LogP contribution >= 0.6 is 0 Å². The number of nitrogens with zero attached hydrogens (tertiary/aromatic N) is 1. The maximum Gasteiger partial charge on any atom is 0.242 e. The van der Waals surface area contributed by atoms with Crippen molar-refractivity contribution in [2.45, 2.75) is 58.7 Å². The van der Waals surface area contributed by atoms with Crippen molar-refractivity contribution in [1.29, 1.82) is 0 Å². The summed E-state index contributed by atoms with van der Waals surface area (Å²) in [5, 5.41) is 3.29. The largest absolute Gasteiger partial charge is 0.334 e. The first-order valence-corrected chi connectivity index (χ1v) is 7.55. The maximum absolute atomic E-state index is 12.8. The predicted octanol–water partition coefficient (Wildman–Crippen LogP) is 2.87. The molecule has 1 aliphatic carbocycles. The standard InChI is InChI=1S/C17H26N2O/c1-5-18-17(3,4)16(20)19(15-9-10-15)12-14-8-6-7-13(2)11-14/h6-8,11,15,18H,5,9-10,12H2,1-4H3. The molecule has 0 radical (unpaired) electrons. The normalized spacial score (nSPS) is 15.2. The molecule has 1 aliphatic rings. The topological polar surface area (TPSA) is 32.3 Å². The van der Waals surface area contributed by atoms with Crippen LogP contribution in [0.5, 0.6) is 0 Å². The number of carbonyl (C=O) groups is 1. The van der Waals surface area contributed by atoms with Crippen molar-refractivity contribution < 1.29 is 4.79 Å². The molecule has 1 fully saturated rings. The highest BCUT2D eigenvalue weighted by atomic mass is 16.2. The molecule has 1 amide bonds. The summed E-state index contributed by atoms with van der Waals surface area (Å²) in [6, 6.07) is 8.87. The average Bonchev–Trinajstić information content (AvgIpc) is 3.19. The molecule has 2 rings (SSSR count). The van der Waals surface area contributed by atoms with Crippen LogP contribution in [0.2, 0.25) is 0 Å². The molecule has 1 saturated carbocycles. The first-order chi connectivity index (χ1) is 9.44. The van der Waals surface area contributed by atoms with Gasteiger partial charge in [0.15, 0.2) is 0 Å². The van der Waals surface area contributed by atoms with E-state index in [0.717, 1.165) is 25.9 Å². The average molecular weight is 274 g/mol. The second-order valence-corrected chi connectivity index (χ2v) is 6.31. The summed E-state index contributed by atoms with van der Waals surface area (Å²) in [6.45, 7) is 9.61. The molecule has 3 heteroatoms. The Kier molecular flexibility index (Phi) is 4.48. The van der Waals surface area contributed by atoms with Crippen molar-refractivity contribution in [3.8, 4) is 0 Å². The van der Waals surface area contributed by atoms with E-state index in [1.54, 1.807) is 0 Å². The monoisotopic (exact) mass is 274 g/mol. The van der Waals surface area contributed by atoms with E-state index in [1.807, 2.05) is 20.8 Å². The second kappa shape index (κ2) is 5.96. The van der Waals surface area contributed by atoms with Gasteiger partial charge in [-0.25, -0.2) is 0 Å². The molecule has 0 spiro atoms. The number of hydrogen-bond donors (Lipinski definition) is 1. The zero-order chi connectivity index (χ0) is 14.8. The van der Waals surface area contributed by atoms with Gasteiger partial charge in [-0.2, -0.15) is 0 Å². The van der Waals surface area contributed by atoms with E-state index < -0.39 is 5.54 Å². The molecule has 20 heavy (non-hydrogen) atoms. The van der Waals surface area contributed by atoms with Crippen LogP contribution in [0.3, 0.4) is 0 Å². The van der Waals surface area contributed by atoms with Crippen LogP contribution in [0, 0.1) is 6.92 Å². The Balaban J connectivity index is 2.13. The molecule has 1 aromatic carbocycles. The Labute approximate surface area is 122 Å². The van der Waals surface area contributed by atoms with Crippen molar-refractivity contribution in [2.24, 2.45) is 0 Å². The maximum atomic E-state index is 12.8. The van der Waals surface area contributed by atoms with Gasteiger partial charge in [0.2, 0.25) is 5.91 Å². The Hall–Kier alpha value is -1.35. The summed E-state index contributed by atoms with van der Waals surface area (Å²) in [5.41, 5.74) is 1.98. The summed E-state index contributed by atoms with van der Waals surface area (Å²) in [7, 11) is 0. The highest BCUT2D eigenvalue weighted by Crippen LogP contribution is 2.30. The smallest absolute Gasteiger partial charge is 0.242 e. The van der Waals surface area contributed by atoms with Gasteiger partial charge >= 0.3 is 0 Å². The van der Waals surface area contributed by atoms with E-state index in [9.17, 15) is 4.79 Å². The van der Waals surface area contributed by atoms with E-state index in [-0.39, 0.29) is 5.91 Å². The minimum Gasteiger partial charge on any atom is -0.334 e. The number of aryl methyl sites for hydroxylation is 1. The SMILES string of the molecule is CCNC(C)(C)C(=O)N(Cc1cccc(C)c1)C1CC1. The van der Waals surface area contributed by atoms with Crippen LogP contribution in [0.25, 0.3) is 0 Å². The van der Waals surface area contributed by atoms with Gasteiger partial charge in [-0.1, -0.05) is 36.8 Å². The van der Waals surface area contributed by atoms with Crippen molar-refractivity contribution in [1.82, 2.24) is 10.2 Å². The van der Waals surface area contributed by atoms with Gasteiger partial charge in [0.1, 0.15) is 0 Å². The van der Waals surface area contributed by atoms with Gasteiger partial charge in [-0.3, -0.25) is 4.79 Å². The lowest BCUT2D eigenvalue weighted by Gasteiger charge is -2.33. The molecule has 0 saturated heterocycles. The fourth-order valence-corrected chi connectivity index (χ4v) is 2.64. The Morgan fingerprint density at radius 1 is 1.40 bits per heavy atom. The van der Waals surface area contributed by atoms with E-state index >= 15 is 0 Å². The fourth-order valence-electron chi connectivity index (χ4n) is 2.64. The lowest BCUT2D eigenvalue weighted by molar-refractivity contribution is -0.138. The van der Waals surface area contributed by atoms with Crippen molar-refractivity contribution in [3.63, 3.8) is 0 Å². The predicted molar refractivity (Wildman–Crippen MR) is 82.5 cm³/mol. The van der Waals surface area contributed by atoms with Crippen LogP contribution in [0.4, 0.5) is 0 Å². The number of benzene rings is 1. The molecule has 110 valence electrons. The highest BCUT2D eigenvalue weighted by Gasteiger charge is 2.39. The van der Waals surface area contributed by atoms with Gasteiger partial charge in [-0.15, -0.1) is 0 Å². The summed E-state index contributed by atoms with van der Waals surface area (Å²) in [6.07, 6.45) is 2.28. The number of nitrogens with one attached hydrogen (secondary N) is 1. The van der Waals surface area contributed by atoms with Crippen LogP contribution in [0.1, 0.15) is 44.7 Å². The molecular formula is C17H26N2O. The summed E-state index contributed by atoms with van der Waals surface area (Å²) in [4.78, 5) is 14.8. The highest BCUT2D eigenvalue weighted by molar-refractivity contribution is 5.86. The second-order valence-electron chi connectivity index (χ2n) is 6.31. The zero-order valence-corrected chi connectivity index (χ0v) is 13.1. The minimum absolute atomic E-state index is 0.211. The first-order valence-electron chi connectivity index (χ1n) is 7.55. The van der Waals surface area contributed by atoms with E-state index in [2.05, 4.69) is 41.4 Å². The molecule has 3 nitrogen and oxygen atoms in total. The summed E-state index contributed by atoms with van der Waals surface area (Å²) in [5.74, 6) is 0.211. The molecule has 0 aromatic heterocycles. The molecular weight excluding hydrogens is 248 g/mol. The molecule has 0 atom stereocenters. The lowest BCUT2D eigenvalue weighted by atomic mass is 10.0. The quantitative estimate of drug-likeness (QED) is 0.865. The van der Waals surface area contributed by atoms with Gasteiger partial charge in [0, 0.05) is 12.6 Å². The third kappa shape index (κ3) is 3.60. The first kappa shape index (κ1) is 15.0. The van der Waals surface area contributed by atoms with E-state index in [0.29, 0.717) is 6.04 Å². The number of rotatable bonds is 6. The van der Waals surface area contributed by atoms with Crippen LogP contribution in [-0.4, -0.2) is 28.9 Å².